The van der Waals surface area contributed by atoms with Crippen LogP contribution in [0.3, 0.4) is 0 Å². The van der Waals surface area contributed by atoms with E-state index in [1.54, 1.807) is 0 Å². The maximum absolute atomic E-state index is 5.39. The van der Waals surface area contributed by atoms with E-state index in [0.717, 1.165) is 16.8 Å². The largest absolute Gasteiger partial charge is 0.342 e. The number of hydrogen-bond donors (Lipinski definition) is 0. The predicted molar refractivity (Wildman–Crippen MR) is 86.1 cm³/mol. The summed E-state index contributed by atoms with van der Waals surface area (Å²) in [6.45, 7) is 6.90. The summed E-state index contributed by atoms with van der Waals surface area (Å²) in [6.07, 6.45) is -0.523. The van der Waals surface area contributed by atoms with Crippen molar-refractivity contribution < 1.29 is 9.47 Å². The van der Waals surface area contributed by atoms with Gasteiger partial charge in [-0.1, -0.05) is 30.3 Å². The Morgan fingerprint density at radius 2 is 1.73 bits per heavy atom. The minimum Gasteiger partial charge on any atom is -0.342 e. The molecule has 0 aliphatic heterocycles. The molecule has 0 bridgehead atoms. The van der Waals surface area contributed by atoms with Crippen LogP contribution in [0.15, 0.2) is 36.4 Å². The van der Waals surface area contributed by atoms with Crippen molar-refractivity contribution in [3.63, 3.8) is 0 Å². The van der Waals surface area contributed by atoms with Crippen LogP contribution in [-0.2, 0) is 9.47 Å². The van der Waals surface area contributed by atoms with Crippen molar-refractivity contribution in [2.24, 2.45) is 0 Å². The number of nitrogens with zero attached hydrogens (tertiary/aromatic N) is 2. The van der Waals surface area contributed by atoms with E-state index in [1.165, 1.54) is 0 Å². The van der Waals surface area contributed by atoms with Crippen LogP contribution in [0.5, 0.6) is 0 Å². The predicted octanol–water partition coefficient (Wildman–Crippen LogP) is 3.20. The summed E-state index contributed by atoms with van der Waals surface area (Å²) < 4.78 is 10.8. The van der Waals surface area contributed by atoms with Crippen LogP contribution >= 0.6 is 0 Å². The lowest BCUT2D eigenvalue weighted by atomic mass is 10.1. The third-order valence-corrected chi connectivity index (χ3v) is 3.00. The zero-order chi connectivity index (χ0) is 15.8. The molecule has 0 saturated carbocycles. The summed E-state index contributed by atoms with van der Waals surface area (Å²) in [7, 11) is 0. The highest BCUT2D eigenvalue weighted by Crippen LogP contribution is 2.17. The monoisotopic (exact) mass is 296 g/mol. The van der Waals surface area contributed by atoms with Gasteiger partial charge in [-0.15, -0.1) is 10.2 Å². The average molecular weight is 296 g/mol. The molecule has 1 aromatic carbocycles. The van der Waals surface area contributed by atoms with Gasteiger partial charge in [-0.05, 0) is 44.2 Å². The van der Waals surface area contributed by atoms with E-state index in [0.29, 0.717) is 18.9 Å². The molecule has 2 rings (SSSR count). The standard InChI is InChI=1S/C18H20N2O2/c1-4-21-18(22-5-2)12-11-16-14(3)13-17(20-19-16)15-9-7-6-8-10-15/h6-10,13,18H,4-5H2,1-3H3. The zero-order valence-corrected chi connectivity index (χ0v) is 13.2. The van der Waals surface area contributed by atoms with Gasteiger partial charge in [0.2, 0.25) is 6.29 Å². The molecule has 1 aromatic heterocycles. The smallest absolute Gasteiger partial charge is 0.222 e. The van der Waals surface area contributed by atoms with Crippen LogP contribution in [0.4, 0.5) is 0 Å². The highest BCUT2D eigenvalue weighted by atomic mass is 16.7. The molecular formula is C18H20N2O2. The van der Waals surface area contributed by atoms with Crippen molar-refractivity contribution in [3.05, 3.63) is 47.7 Å². The molecule has 0 N–H and O–H groups in total. The van der Waals surface area contributed by atoms with E-state index in [4.69, 9.17) is 9.47 Å². The number of aryl methyl sites for hydroxylation is 1. The van der Waals surface area contributed by atoms with E-state index in [1.807, 2.05) is 57.2 Å². The zero-order valence-electron chi connectivity index (χ0n) is 13.2. The van der Waals surface area contributed by atoms with Crippen molar-refractivity contribution in [1.29, 1.82) is 0 Å². The average Bonchev–Trinajstić information content (AvgIpc) is 2.55. The number of ether oxygens (including phenoxy) is 2. The van der Waals surface area contributed by atoms with Crippen LogP contribution in [0.1, 0.15) is 25.1 Å². The summed E-state index contributed by atoms with van der Waals surface area (Å²) >= 11 is 0. The van der Waals surface area contributed by atoms with Crippen molar-refractivity contribution in [2.75, 3.05) is 13.2 Å². The summed E-state index contributed by atoms with van der Waals surface area (Å²) in [4.78, 5) is 0. The van der Waals surface area contributed by atoms with Crippen molar-refractivity contribution in [2.45, 2.75) is 27.1 Å². The molecule has 0 atom stereocenters. The van der Waals surface area contributed by atoms with Gasteiger partial charge >= 0.3 is 0 Å². The lowest BCUT2D eigenvalue weighted by molar-refractivity contribution is -0.0969. The molecule has 4 heteroatoms. The molecule has 0 fully saturated rings. The molecule has 0 saturated heterocycles. The van der Waals surface area contributed by atoms with E-state index in [9.17, 15) is 0 Å². The van der Waals surface area contributed by atoms with Crippen molar-refractivity contribution in [3.8, 4) is 23.1 Å². The van der Waals surface area contributed by atoms with Crippen LogP contribution < -0.4 is 0 Å². The molecular weight excluding hydrogens is 276 g/mol. The quantitative estimate of drug-likeness (QED) is 0.628. The van der Waals surface area contributed by atoms with Crippen molar-refractivity contribution >= 4 is 0 Å². The molecule has 22 heavy (non-hydrogen) atoms. The first kappa shape index (κ1) is 16.2. The number of rotatable bonds is 5. The summed E-state index contributed by atoms with van der Waals surface area (Å²) in [5.41, 5.74) is 3.51. The molecule has 0 aliphatic rings. The number of hydrogen-bond acceptors (Lipinski definition) is 4. The van der Waals surface area contributed by atoms with Gasteiger partial charge in [0, 0.05) is 18.8 Å². The second-order valence-electron chi connectivity index (χ2n) is 4.64. The number of benzene rings is 1. The lowest BCUT2D eigenvalue weighted by Gasteiger charge is -2.09. The summed E-state index contributed by atoms with van der Waals surface area (Å²) in [5, 5.41) is 8.46. The van der Waals surface area contributed by atoms with Crippen LogP contribution in [-0.4, -0.2) is 29.7 Å². The molecule has 1 heterocycles. The van der Waals surface area contributed by atoms with E-state index >= 15 is 0 Å². The van der Waals surface area contributed by atoms with E-state index < -0.39 is 6.29 Å². The molecule has 114 valence electrons. The van der Waals surface area contributed by atoms with Gasteiger partial charge in [0.05, 0.1) is 5.69 Å². The highest BCUT2D eigenvalue weighted by Gasteiger charge is 2.05. The molecule has 4 nitrogen and oxygen atoms in total. The maximum Gasteiger partial charge on any atom is 0.222 e. The van der Waals surface area contributed by atoms with Gasteiger partial charge in [-0.2, -0.15) is 0 Å². The molecule has 0 aliphatic carbocycles. The molecule has 0 radical (unpaired) electrons. The van der Waals surface area contributed by atoms with Crippen molar-refractivity contribution in [1.82, 2.24) is 10.2 Å². The molecule has 2 aromatic rings. The Kier molecular flexibility index (Phi) is 6.08. The fraction of sp³-hybridized carbons (Fsp3) is 0.333. The third kappa shape index (κ3) is 4.39. The Morgan fingerprint density at radius 3 is 2.32 bits per heavy atom. The van der Waals surface area contributed by atoms with Gasteiger partial charge in [-0.25, -0.2) is 0 Å². The molecule has 0 spiro atoms. The Hall–Kier alpha value is -2.22. The first-order valence-electron chi connectivity index (χ1n) is 7.39. The highest BCUT2D eigenvalue weighted by molar-refractivity contribution is 5.59. The second-order valence-corrected chi connectivity index (χ2v) is 4.64. The van der Waals surface area contributed by atoms with Gasteiger partial charge in [0.1, 0.15) is 5.69 Å². The van der Waals surface area contributed by atoms with Crippen LogP contribution in [0.25, 0.3) is 11.3 Å². The molecule has 0 amide bonds. The van der Waals surface area contributed by atoms with E-state index in [-0.39, 0.29) is 0 Å². The Balaban J connectivity index is 2.20. The fourth-order valence-electron chi connectivity index (χ4n) is 1.92. The summed E-state index contributed by atoms with van der Waals surface area (Å²) in [6, 6.07) is 11.9. The minimum absolute atomic E-state index is 0.523. The van der Waals surface area contributed by atoms with Gasteiger partial charge < -0.3 is 9.47 Å². The second kappa shape index (κ2) is 8.28. The summed E-state index contributed by atoms with van der Waals surface area (Å²) in [5.74, 6) is 5.93. The first-order valence-corrected chi connectivity index (χ1v) is 7.39. The Bertz CT molecular complexity index is 654. The SMILES string of the molecule is CCOC(C#Cc1nnc(-c2ccccc2)cc1C)OCC. The van der Waals surface area contributed by atoms with Gasteiger partial charge in [0.25, 0.3) is 0 Å². The van der Waals surface area contributed by atoms with E-state index in [2.05, 4.69) is 22.0 Å². The van der Waals surface area contributed by atoms with Crippen LogP contribution in [0, 0.1) is 18.8 Å². The van der Waals surface area contributed by atoms with Gasteiger partial charge in [0.15, 0.2) is 0 Å². The Labute approximate surface area is 131 Å². The van der Waals surface area contributed by atoms with Crippen LogP contribution in [0.2, 0.25) is 0 Å². The molecule has 0 unspecified atom stereocenters. The number of aromatic nitrogens is 2. The maximum atomic E-state index is 5.39. The van der Waals surface area contributed by atoms with Gasteiger partial charge in [-0.3, -0.25) is 0 Å². The minimum atomic E-state index is -0.523. The topological polar surface area (TPSA) is 44.2 Å². The third-order valence-electron chi connectivity index (χ3n) is 3.00. The fourth-order valence-corrected chi connectivity index (χ4v) is 1.92. The lowest BCUT2D eigenvalue weighted by Crippen LogP contribution is -2.14. The normalized spacial score (nSPS) is 10.4. The first-order chi connectivity index (χ1) is 10.7. The Morgan fingerprint density at radius 1 is 1.05 bits per heavy atom.